The van der Waals surface area contributed by atoms with E-state index in [0.29, 0.717) is 0 Å². The summed E-state index contributed by atoms with van der Waals surface area (Å²) in [5.41, 5.74) is -0.462. The number of carboxylic acids is 1. The van der Waals surface area contributed by atoms with E-state index >= 15 is 0 Å². The molecule has 0 spiro atoms. The Morgan fingerprint density at radius 1 is 1.33 bits per heavy atom. The number of carbonyl (C=O) groups excluding carboxylic acids is 1. The minimum atomic E-state index is -1.60. The molecule has 1 aliphatic rings. The Labute approximate surface area is 118 Å². The van der Waals surface area contributed by atoms with Crippen LogP contribution in [0.1, 0.15) is 11.5 Å². The lowest BCUT2D eigenvalue weighted by molar-refractivity contribution is -0.172. The summed E-state index contributed by atoms with van der Waals surface area (Å²) < 4.78 is 32.9. The van der Waals surface area contributed by atoms with Crippen LogP contribution in [0.2, 0.25) is 0 Å². The largest absolute Gasteiger partial charge is 0.497 e. The lowest BCUT2D eigenvalue weighted by atomic mass is 9.88. The van der Waals surface area contributed by atoms with E-state index in [1.807, 2.05) is 0 Å². The van der Waals surface area contributed by atoms with Gasteiger partial charge in [0, 0.05) is 23.6 Å². The van der Waals surface area contributed by atoms with Crippen molar-refractivity contribution in [2.75, 3.05) is 20.8 Å². The van der Waals surface area contributed by atoms with Crippen molar-refractivity contribution in [2.24, 2.45) is 5.92 Å². The second-order valence-electron chi connectivity index (χ2n) is 4.51. The third kappa shape index (κ3) is 2.54. The van der Waals surface area contributed by atoms with E-state index in [9.17, 15) is 18.4 Å². The predicted octanol–water partition coefficient (Wildman–Crippen LogP) is 1.16. The Bertz CT molecular complexity index is 569. The molecule has 0 radical (unpaired) electrons. The molecule has 1 aliphatic heterocycles. The molecule has 114 valence electrons. The van der Waals surface area contributed by atoms with Crippen LogP contribution in [0.3, 0.4) is 0 Å². The van der Waals surface area contributed by atoms with Gasteiger partial charge in [-0.1, -0.05) is 0 Å². The molecule has 1 aromatic rings. The number of amides is 1. The molecular weight excluding hydrogens is 288 g/mol. The number of halogens is 2. The number of carbonyl (C=O) groups is 2. The summed E-state index contributed by atoms with van der Waals surface area (Å²) in [4.78, 5) is 27.8. The lowest BCUT2D eigenvalue weighted by Crippen LogP contribution is -2.30. The maximum Gasteiger partial charge on any atom is 0.316 e. The lowest BCUT2D eigenvalue weighted by Gasteiger charge is -2.16. The third-order valence-corrected chi connectivity index (χ3v) is 3.42. The maximum atomic E-state index is 14.1. The summed E-state index contributed by atoms with van der Waals surface area (Å²) in [7, 11) is 2.43. The third-order valence-electron chi connectivity index (χ3n) is 3.42. The maximum absolute atomic E-state index is 14.1. The molecule has 0 unspecified atom stereocenters. The van der Waals surface area contributed by atoms with E-state index in [0.717, 1.165) is 17.2 Å². The average Bonchev–Trinajstić information content (AvgIpc) is 2.74. The molecule has 6 nitrogen and oxygen atoms in total. The molecule has 0 aromatic heterocycles. The highest BCUT2D eigenvalue weighted by Crippen LogP contribution is 2.37. The summed E-state index contributed by atoms with van der Waals surface area (Å²) in [5.74, 6) is -7.04. The van der Waals surface area contributed by atoms with Crippen LogP contribution in [0.15, 0.2) is 12.1 Å². The smallest absolute Gasteiger partial charge is 0.316 e. The fraction of sp³-hybridized carbons (Fsp3) is 0.385. The monoisotopic (exact) mass is 301 g/mol. The minimum Gasteiger partial charge on any atom is -0.497 e. The van der Waals surface area contributed by atoms with Gasteiger partial charge in [0.1, 0.15) is 23.3 Å². The first kappa shape index (κ1) is 15.2. The second kappa shape index (κ2) is 5.65. The Hall–Kier alpha value is -2.22. The number of nitrogens with zero attached hydrogens (tertiary/aromatic N) is 1. The second-order valence-corrected chi connectivity index (χ2v) is 4.51. The van der Waals surface area contributed by atoms with Crippen LogP contribution < -0.4 is 4.74 Å². The topological polar surface area (TPSA) is 76.1 Å². The number of benzene rings is 1. The molecule has 1 amide bonds. The molecule has 1 fully saturated rings. The summed E-state index contributed by atoms with van der Waals surface area (Å²) >= 11 is 0. The summed E-state index contributed by atoms with van der Waals surface area (Å²) in [6, 6.07) is 1.88. The molecule has 1 heterocycles. The fourth-order valence-corrected chi connectivity index (χ4v) is 2.43. The van der Waals surface area contributed by atoms with Crippen LogP contribution in [0.5, 0.6) is 5.75 Å². The Morgan fingerprint density at radius 3 is 2.33 bits per heavy atom. The van der Waals surface area contributed by atoms with Crippen molar-refractivity contribution in [3.05, 3.63) is 29.3 Å². The number of hydrogen-bond acceptors (Lipinski definition) is 4. The molecule has 0 saturated carbocycles. The van der Waals surface area contributed by atoms with E-state index in [1.54, 1.807) is 0 Å². The SMILES string of the molecule is COc1cc(F)c([C@@H]2CN(OC)C(=O)[C@H]2C(=O)O)c(F)c1. The van der Waals surface area contributed by atoms with Crippen LogP contribution in [-0.4, -0.2) is 42.8 Å². The van der Waals surface area contributed by atoms with Gasteiger partial charge in [-0.15, -0.1) is 0 Å². The van der Waals surface area contributed by atoms with E-state index < -0.39 is 40.9 Å². The van der Waals surface area contributed by atoms with Gasteiger partial charge in [-0.2, -0.15) is 0 Å². The number of methoxy groups -OCH3 is 1. The van der Waals surface area contributed by atoms with Crippen molar-refractivity contribution in [3.8, 4) is 5.75 Å². The van der Waals surface area contributed by atoms with E-state index in [4.69, 9.17) is 14.7 Å². The highest BCUT2D eigenvalue weighted by Gasteiger charge is 2.48. The first-order valence-electron chi connectivity index (χ1n) is 6.02. The Kier molecular flexibility index (Phi) is 4.08. The molecule has 0 bridgehead atoms. The molecule has 8 heteroatoms. The minimum absolute atomic E-state index is 0.0338. The molecule has 21 heavy (non-hydrogen) atoms. The molecule has 2 rings (SSSR count). The van der Waals surface area contributed by atoms with Crippen LogP contribution in [-0.2, 0) is 14.4 Å². The van der Waals surface area contributed by atoms with Crippen molar-refractivity contribution in [3.63, 3.8) is 0 Å². The molecule has 0 aliphatic carbocycles. The normalized spacial score (nSPS) is 21.7. The quantitative estimate of drug-likeness (QED) is 0.845. The van der Waals surface area contributed by atoms with Gasteiger partial charge in [-0.25, -0.2) is 13.8 Å². The molecule has 1 saturated heterocycles. The van der Waals surface area contributed by atoms with Crippen LogP contribution in [0.25, 0.3) is 0 Å². The predicted molar refractivity (Wildman–Crippen MR) is 65.5 cm³/mol. The highest BCUT2D eigenvalue weighted by atomic mass is 19.1. The fourth-order valence-electron chi connectivity index (χ4n) is 2.43. The van der Waals surface area contributed by atoms with E-state index in [-0.39, 0.29) is 12.3 Å². The van der Waals surface area contributed by atoms with Gasteiger partial charge in [-0.3, -0.25) is 14.4 Å². The highest BCUT2D eigenvalue weighted by molar-refractivity contribution is 5.99. The summed E-state index contributed by atoms with van der Waals surface area (Å²) in [6.07, 6.45) is 0. The number of hydroxylamine groups is 2. The zero-order valence-corrected chi connectivity index (χ0v) is 11.3. The number of carboxylic acid groups (broad SMARTS) is 1. The van der Waals surface area contributed by atoms with Crippen molar-refractivity contribution in [2.45, 2.75) is 5.92 Å². The number of hydrogen-bond donors (Lipinski definition) is 1. The van der Waals surface area contributed by atoms with Gasteiger partial charge in [0.05, 0.1) is 20.8 Å². The zero-order valence-electron chi connectivity index (χ0n) is 11.3. The van der Waals surface area contributed by atoms with Gasteiger partial charge in [-0.05, 0) is 0 Å². The van der Waals surface area contributed by atoms with Gasteiger partial charge in [0.25, 0.3) is 5.91 Å². The standard InChI is InChI=1S/C13H13F2NO5/c1-20-6-3-8(14)10(9(15)4-6)7-5-16(21-2)12(17)11(7)13(18)19/h3-4,7,11H,5H2,1-2H3,(H,18,19)/t7-,11-/m0/s1. The van der Waals surface area contributed by atoms with Gasteiger partial charge in [0.2, 0.25) is 0 Å². The first-order valence-corrected chi connectivity index (χ1v) is 6.02. The molecule has 2 atom stereocenters. The van der Waals surface area contributed by atoms with Crippen LogP contribution in [0, 0.1) is 17.6 Å². The van der Waals surface area contributed by atoms with E-state index in [2.05, 4.69) is 0 Å². The number of ether oxygens (including phenoxy) is 1. The van der Waals surface area contributed by atoms with Crippen molar-refractivity contribution in [1.82, 2.24) is 5.06 Å². The average molecular weight is 301 g/mol. The Morgan fingerprint density at radius 2 is 1.90 bits per heavy atom. The van der Waals surface area contributed by atoms with Crippen LogP contribution >= 0.6 is 0 Å². The number of aliphatic carboxylic acids is 1. The van der Waals surface area contributed by atoms with Crippen LogP contribution in [0.4, 0.5) is 8.78 Å². The van der Waals surface area contributed by atoms with Crippen molar-refractivity contribution < 1.29 is 33.1 Å². The molecular formula is C13H13F2NO5. The summed E-state index contributed by atoms with van der Waals surface area (Å²) in [6.45, 7) is -0.244. The molecule has 1 N–H and O–H groups in total. The summed E-state index contributed by atoms with van der Waals surface area (Å²) in [5, 5.41) is 9.92. The van der Waals surface area contributed by atoms with Crippen molar-refractivity contribution >= 4 is 11.9 Å². The first-order chi connectivity index (χ1) is 9.90. The zero-order chi connectivity index (χ0) is 15.7. The van der Waals surface area contributed by atoms with E-state index in [1.165, 1.54) is 14.2 Å². The van der Waals surface area contributed by atoms with Crippen molar-refractivity contribution in [1.29, 1.82) is 0 Å². The van der Waals surface area contributed by atoms with Gasteiger partial charge in [0.15, 0.2) is 0 Å². The molecule has 1 aromatic carbocycles. The van der Waals surface area contributed by atoms with Gasteiger partial charge >= 0.3 is 5.97 Å². The van der Waals surface area contributed by atoms with Gasteiger partial charge < -0.3 is 9.84 Å². The Balaban J connectivity index is 2.49. The number of rotatable bonds is 4.